The summed E-state index contributed by atoms with van der Waals surface area (Å²) < 4.78 is 4.99. The van der Waals surface area contributed by atoms with Crippen molar-refractivity contribution in [3.8, 4) is 0 Å². The summed E-state index contributed by atoms with van der Waals surface area (Å²) >= 11 is 12.4. The third-order valence-corrected chi connectivity index (χ3v) is 5.49. The molecule has 0 unspecified atom stereocenters. The number of nitrogens with one attached hydrogen (secondary N) is 1. The van der Waals surface area contributed by atoms with Crippen LogP contribution in [0.1, 0.15) is 5.56 Å². The Morgan fingerprint density at radius 2 is 2.11 bits per heavy atom. The van der Waals surface area contributed by atoms with Gasteiger partial charge in [-0.15, -0.1) is 0 Å². The number of thiocarbonyl (C=S) groups is 1. The molecule has 1 saturated heterocycles. The maximum atomic E-state index is 12.7. The minimum atomic E-state index is -0.407. The van der Waals surface area contributed by atoms with E-state index in [4.69, 9.17) is 23.8 Å². The number of fused-ring (bicyclic) bond motifs is 1. The summed E-state index contributed by atoms with van der Waals surface area (Å²) in [6, 6.07) is 12.2. The number of benzene rings is 2. The molecule has 10 heteroatoms. The number of thioether (sulfide) groups is 1. The monoisotopic (exact) mass is 430 g/mol. The van der Waals surface area contributed by atoms with Gasteiger partial charge in [-0.3, -0.25) is 14.5 Å². The number of aromatic nitrogens is 2. The molecule has 140 valence electrons. The molecule has 2 aromatic carbocycles. The molecule has 1 N–H and O–H groups in total. The van der Waals surface area contributed by atoms with Crippen LogP contribution in [0.4, 0.5) is 5.69 Å². The predicted octanol–water partition coefficient (Wildman–Crippen LogP) is 3.72. The Hall–Kier alpha value is -2.75. The van der Waals surface area contributed by atoms with Gasteiger partial charge in [-0.1, -0.05) is 53.8 Å². The van der Waals surface area contributed by atoms with Gasteiger partial charge in [0, 0.05) is 5.02 Å². The molecule has 0 atom stereocenters. The molecule has 1 aliphatic rings. The molecule has 2 heterocycles. The highest BCUT2D eigenvalue weighted by molar-refractivity contribution is 8.26. The third kappa shape index (κ3) is 3.77. The van der Waals surface area contributed by atoms with Crippen molar-refractivity contribution < 1.29 is 14.2 Å². The first-order chi connectivity index (χ1) is 13.5. The smallest absolute Gasteiger partial charge is 0.266 e. The van der Waals surface area contributed by atoms with E-state index in [0.717, 1.165) is 17.3 Å². The van der Waals surface area contributed by atoms with Crippen molar-refractivity contribution in [2.24, 2.45) is 0 Å². The van der Waals surface area contributed by atoms with Crippen LogP contribution in [0.5, 0.6) is 0 Å². The van der Waals surface area contributed by atoms with Crippen LogP contribution in [-0.2, 0) is 9.59 Å². The average molecular weight is 431 g/mol. The van der Waals surface area contributed by atoms with Crippen LogP contribution in [0.25, 0.3) is 17.1 Å². The Labute approximate surface area is 173 Å². The van der Waals surface area contributed by atoms with E-state index in [9.17, 15) is 9.59 Å². The zero-order valence-corrected chi connectivity index (χ0v) is 16.5. The molecule has 1 fully saturated rings. The number of amides is 2. The molecule has 0 radical (unpaired) electrons. The fraction of sp³-hybridized carbons (Fsp3) is 0.0556. The van der Waals surface area contributed by atoms with Crippen LogP contribution in [0, 0.1) is 0 Å². The lowest BCUT2D eigenvalue weighted by atomic mass is 10.2. The van der Waals surface area contributed by atoms with Crippen molar-refractivity contribution in [1.29, 1.82) is 0 Å². The highest BCUT2D eigenvalue weighted by Gasteiger charge is 2.33. The van der Waals surface area contributed by atoms with Crippen molar-refractivity contribution in [2.75, 3.05) is 11.9 Å². The molecule has 7 nitrogen and oxygen atoms in total. The lowest BCUT2D eigenvalue weighted by molar-refractivity contribution is -0.126. The molecular weight excluding hydrogens is 420 g/mol. The van der Waals surface area contributed by atoms with Crippen LogP contribution >= 0.6 is 35.6 Å². The summed E-state index contributed by atoms with van der Waals surface area (Å²) in [6.45, 7) is -0.209. The topological polar surface area (TPSA) is 88.3 Å². The molecule has 4 rings (SSSR count). The molecule has 2 amide bonds. The van der Waals surface area contributed by atoms with E-state index in [0.29, 0.717) is 31.0 Å². The molecule has 0 bridgehead atoms. The van der Waals surface area contributed by atoms with Gasteiger partial charge in [-0.25, -0.2) is 4.63 Å². The maximum absolute atomic E-state index is 12.7. The van der Waals surface area contributed by atoms with E-state index in [1.54, 1.807) is 42.5 Å². The van der Waals surface area contributed by atoms with E-state index in [-0.39, 0.29) is 12.5 Å². The van der Waals surface area contributed by atoms with Crippen LogP contribution in [0.2, 0.25) is 5.02 Å². The van der Waals surface area contributed by atoms with E-state index in [2.05, 4.69) is 20.3 Å². The van der Waals surface area contributed by atoms with E-state index in [1.165, 1.54) is 4.90 Å². The van der Waals surface area contributed by atoms with Gasteiger partial charge >= 0.3 is 0 Å². The average Bonchev–Trinajstić information content (AvgIpc) is 3.23. The van der Waals surface area contributed by atoms with Crippen molar-refractivity contribution in [3.05, 3.63) is 58.0 Å². The van der Waals surface area contributed by atoms with Crippen molar-refractivity contribution in [2.45, 2.75) is 0 Å². The normalized spacial score (nSPS) is 15.6. The standard InChI is InChI=1S/C18H11ClN4O3S2/c19-11-4-1-3-10(7-11)8-14-17(25)23(18(27)28-14)9-15(24)20-12-5-2-6-13-16(12)22-26-21-13/h1-8H,9H2,(H,20,24)/b14-8-. The summed E-state index contributed by atoms with van der Waals surface area (Å²) in [7, 11) is 0. The molecule has 28 heavy (non-hydrogen) atoms. The SMILES string of the molecule is O=C(CN1C(=O)/C(=C/c2cccc(Cl)c2)SC1=S)Nc1cccc2nonc12. The Bertz CT molecular complexity index is 1140. The number of nitrogens with zero attached hydrogens (tertiary/aromatic N) is 3. The van der Waals surface area contributed by atoms with Gasteiger partial charge in [0.25, 0.3) is 5.91 Å². The Morgan fingerprint density at radius 1 is 1.29 bits per heavy atom. The van der Waals surface area contributed by atoms with Crippen molar-refractivity contribution in [1.82, 2.24) is 15.2 Å². The number of hydrogen-bond donors (Lipinski definition) is 1. The first-order valence-corrected chi connectivity index (χ1v) is 9.63. The maximum Gasteiger partial charge on any atom is 0.266 e. The lowest BCUT2D eigenvalue weighted by Crippen LogP contribution is -2.36. The molecule has 0 aliphatic carbocycles. The number of anilines is 1. The van der Waals surface area contributed by atoms with E-state index in [1.807, 2.05) is 6.07 Å². The second-order valence-electron chi connectivity index (χ2n) is 5.81. The van der Waals surface area contributed by atoms with E-state index < -0.39 is 5.91 Å². The minimum Gasteiger partial charge on any atom is -0.322 e. The highest BCUT2D eigenvalue weighted by Crippen LogP contribution is 2.32. The number of hydrogen-bond acceptors (Lipinski definition) is 7. The second kappa shape index (κ2) is 7.70. The van der Waals surface area contributed by atoms with Gasteiger partial charge in [-0.05, 0) is 46.2 Å². The highest BCUT2D eigenvalue weighted by atomic mass is 35.5. The van der Waals surface area contributed by atoms with Gasteiger partial charge in [0.1, 0.15) is 16.4 Å². The molecule has 0 spiro atoms. The first kappa shape index (κ1) is 18.6. The van der Waals surface area contributed by atoms with Crippen molar-refractivity contribution >= 4 is 74.5 Å². The largest absolute Gasteiger partial charge is 0.322 e. The summed E-state index contributed by atoms with van der Waals surface area (Å²) in [5.74, 6) is -0.734. The molecule has 1 aliphatic heterocycles. The molecule has 0 saturated carbocycles. The number of halogens is 1. The molecular formula is C18H11ClN4O3S2. The summed E-state index contributed by atoms with van der Waals surface area (Å²) in [5, 5.41) is 10.8. The number of carbonyl (C=O) groups is 2. The number of carbonyl (C=O) groups excluding carboxylic acids is 2. The van der Waals surface area contributed by atoms with Crippen LogP contribution in [-0.4, -0.2) is 37.9 Å². The van der Waals surface area contributed by atoms with E-state index >= 15 is 0 Å². The Kier molecular flexibility index (Phi) is 5.12. The Balaban J connectivity index is 1.48. The van der Waals surface area contributed by atoms with Gasteiger partial charge in [0.2, 0.25) is 5.91 Å². The summed E-state index contributed by atoms with van der Waals surface area (Å²) in [5.41, 5.74) is 2.18. The van der Waals surface area contributed by atoms with Gasteiger partial charge < -0.3 is 5.32 Å². The van der Waals surface area contributed by atoms with Gasteiger partial charge in [-0.2, -0.15) is 0 Å². The van der Waals surface area contributed by atoms with Crippen LogP contribution < -0.4 is 5.32 Å². The van der Waals surface area contributed by atoms with Gasteiger partial charge in [0.15, 0.2) is 5.52 Å². The van der Waals surface area contributed by atoms with Crippen molar-refractivity contribution in [3.63, 3.8) is 0 Å². The number of rotatable bonds is 4. The van der Waals surface area contributed by atoms with Gasteiger partial charge in [0.05, 0.1) is 10.6 Å². The van der Waals surface area contributed by atoms with Crippen LogP contribution in [0.15, 0.2) is 52.0 Å². The predicted molar refractivity (Wildman–Crippen MR) is 112 cm³/mol. The third-order valence-electron chi connectivity index (χ3n) is 3.88. The zero-order chi connectivity index (χ0) is 19.7. The molecule has 1 aromatic heterocycles. The minimum absolute atomic E-state index is 0.209. The molecule has 3 aromatic rings. The fourth-order valence-corrected chi connectivity index (χ4v) is 4.08. The fourth-order valence-electron chi connectivity index (χ4n) is 2.62. The summed E-state index contributed by atoms with van der Waals surface area (Å²) in [4.78, 5) is 26.8. The first-order valence-electron chi connectivity index (χ1n) is 8.03. The van der Waals surface area contributed by atoms with Crippen LogP contribution in [0.3, 0.4) is 0 Å². The summed E-state index contributed by atoms with van der Waals surface area (Å²) in [6.07, 6.45) is 1.70. The second-order valence-corrected chi connectivity index (χ2v) is 7.92. The lowest BCUT2D eigenvalue weighted by Gasteiger charge is -2.14. The zero-order valence-electron chi connectivity index (χ0n) is 14.1. The Morgan fingerprint density at radius 3 is 2.93 bits per heavy atom. The quantitative estimate of drug-likeness (QED) is 0.498.